The van der Waals surface area contributed by atoms with Crippen molar-refractivity contribution in [3.8, 4) is 11.5 Å². The number of rotatable bonds is 9. The summed E-state index contributed by atoms with van der Waals surface area (Å²) in [4.78, 5) is 40.6. The lowest BCUT2D eigenvalue weighted by molar-refractivity contribution is -0.140. The average molecular weight is 540 g/mol. The van der Waals surface area contributed by atoms with E-state index in [1.165, 1.54) is 31.5 Å². The molecule has 38 heavy (non-hydrogen) atoms. The van der Waals surface area contributed by atoms with Crippen LogP contribution in [0, 0.1) is 18.6 Å². The van der Waals surface area contributed by atoms with Gasteiger partial charge in [-0.2, -0.15) is 0 Å². The van der Waals surface area contributed by atoms with Gasteiger partial charge in [-0.3, -0.25) is 19.4 Å². The van der Waals surface area contributed by atoms with E-state index in [0.717, 1.165) is 23.0 Å². The van der Waals surface area contributed by atoms with E-state index in [1.807, 2.05) is 0 Å². The van der Waals surface area contributed by atoms with Crippen LogP contribution in [0.4, 0.5) is 14.5 Å². The smallest absolute Gasteiger partial charge is 0.307 e. The Morgan fingerprint density at radius 3 is 2.61 bits per heavy atom. The Labute approximate surface area is 220 Å². The molecule has 2 amide bonds. The first-order valence-corrected chi connectivity index (χ1v) is 12.3. The molecule has 0 fully saturated rings. The number of thiophene rings is 1. The van der Waals surface area contributed by atoms with Crippen LogP contribution in [0.1, 0.15) is 27.2 Å². The number of ether oxygens (including phenoxy) is 2. The Hall–Kier alpha value is -4.38. The monoisotopic (exact) mass is 539 g/mol. The summed E-state index contributed by atoms with van der Waals surface area (Å²) >= 11 is 1.14. The van der Waals surface area contributed by atoms with E-state index in [2.05, 4.69) is 20.4 Å². The summed E-state index contributed by atoms with van der Waals surface area (Å²) in [5.41, 5.74) is 1.47. The van der Waals surface area contributed by atoms with Crippen molar-refractivity contribution in [1.29, 1.82) is 0 Å². The highest BCUT2D eigenvalue weighted by atomic mass is 32.1. The molecule has 0 unspecified atom stereocenters. The molecule has 4 aromatic rings. The Kier molecular flexibility index (Phi) is 8.27. The second-order valence-corrected chi connectivity index (χ2v) is 9.33. The third kappa shape index (κ3) is 6.48. The van der Waals surface area contributed by atoms with Crippen LogP contribution in [0.5, 0.6) is 11.5 Å². The van der Waals surface area contributed by atoms with E-state index in [0.29, 0.717) is 20.8 Å². The molecule has 0 saturated heterocycles. The van der Waals surface area contributed by atoms with Crippen LogP contribution in [0.2, 0.25) is 0 Å². The van der Waals surface area contributed by atoms with E-state index in [1.54, 1.807) is 31.2 Å². The Morgan fingerprint density at radius 2 is 1.84 bits per heavy atom. The maximum absolute atomic E-state index is 14.8. The molecule has 0 spiro atoms. The number of esters is 1. The highest BCUT2D eigenvalue weighted by molar-refractivity contribution is 7.21. The van der Waals surface area contributed by atoms with E-state index >= 15 is 0 Å². The molecular formula is C27H23F2N3O5S. The lowest BCUT2D eigenvalue weighted by Gasteiger charge is -2.10. The van der Waals surface area contributed by atoms with Crippen molar-refractivity contribution in [3.63, 3.8) is 0 Å². The normalized spacial score (nSPS) is 10.7. The van der Waals surface area contributed by atoms with E-state index in [4.69, 9.17) is 4.74 Å². The number of hydrogen-bond acceptors (Lipinski definition) is 7. The molecule has 0 saturated carbocycles. The van der Waals surface area contributed by atoms with Gasteiger partial charge in [-0.1, -0.05) is 17.7 Å². The third-order valence-corrected chi connectivity index (χ3v) is 6.57. The molecule has 2 aromatic carbocycles. The van der Waals surface area contributed by atoms with Crippen molar-refractivity contribution in [1.82, 2.24) is 10.3 Å². The standard InChI is InChI=1S/C27H23F2N3O5S/c1-15-3-5-18(28)16(11-15)12-24(33)32-20-6-4-17(13-19(20)29)37-22-7-9-30-21-14-23(38-26(21)22)27(35)31-10-8-25(34)36-2/h3-7,9,11,13-14H,8,10,12H2,1-2H3,(H,31,35)(H,32,33). The quantitative estimate of drug-likeness (QED) is 0.285. The number of carbonyl (C=O) groups excluding carboxylic acids is 3. The van der Waals surface area contributed by atoms with Crippen LogP contribution in [-0.2, 0) is 20.7 Å². The number of fused-ring (bicyclic) bond motifs is 1. The summed E-state index contributed by atoms with van der Waals surface area (Å²) in [6.45, 7) is 1.91. The first kappa shape index (κ1) is 26.7. The van der Waals surface area contributed by atoms with Crippen molar-refractivity contribution in [2.24, 2.45) is 0 Å². The molecule has 2 aromatic heterocycles. The zero-order valence-corrected chi connectivity index (χ0v) is 21.3. The number of carbonyl (C=O) groups is 3. The number of hydrogen-bond donors (Lipinski definition) is 2. The Morgan fingerprint density at radius 1 is 1.03 bits per heavy atom. The van der Waals surface area contributed by atoms with Gasteiger partial charge < -0.3 is 20.1 Å². The van der Waals surface area contributed by atoms with Gasteiger partial charge in [0.2, 0.25) is 5.91 Å². The number of pyridine rings is 1. The summed E-state index contributed by atoms with van der Waals surface area (Å²) in [5, 5.41) is 5.09. The molecule has 0 aliphatic carbocycles. The molecule has 0 radical (unpaired) electrons. The fourth-order valence-corrected chi connectivity index (χ4v) is 4.55. The summed E-state index contributed by atoms with van der Waals surface area (Å²) in [7, 11) is 1.27. The number of nitrogens with zero attached hydrogens (tertiary/aromatic N) is 1. The minimum Gasteiger partial charge on any atom is -0.469 e. The molecule has 8 nitrogen and oxygen atoms in total. The van der Waals surface area contributed by atoms with E-state index in [9.17, 15) is 23.2 Å². The SMILES string of the molecule is COC(=O)CCNC(=O)c1cc2nccc(Oc3ccc(NC(=O)Cc4cc(C)ccc4F)c(F)c3)c2s1. The number of amides is 2. The van der Waals surface area contributed by atoms with Gasteiger partial charge in [-0.25, -0.2) is 8.78 Å². The van der Waals surface area contributed by atoms with E-state index < -0.39 is 23.5 Å². The minimum atomic E-state index is -0.734. The predicted octanol–water partition coefficient (Wildman–Crippen LogP) is 5.15. The fraction of sp³-hybridized carbons (Fsp3) is 0.185. The van der Waals surface area contributed by atoms with Gasteiger partial charge in [0.1, 0.15) is 23.1 Å². The van der Waals surface area contributed by atoms with Crippen molar-refractivity contribution in [2.45, 2.75) is 19.8 Å². The van der Waals surface area contributed by atoms with Crippen molar-refractivity contribution in [3.05, 3.63) is 82.4 Å². The first-order chi connectivity index (χ1) is 18.2. The maximum atomic E-state index is 14.8. The highest BCUT2D eigenvalue weighted by Gasteiger charge is 2.16. The molecule has 0 aliphatic rings. The van der Waals surface area contributed by atoms with Crippen molar-refractivity contribution >= 4 is 45.0 Å². The van der Waals surface area contributed by atoms with Crippen molar-refractivity contribution < 1.29 is 32.6 Å². The molecule has 0 aliphatic heterocycles. The van der Waals surface area contributed by atoms with Gasteiger partial charge in [0, 0.05) is 24.9 Å². The zero-order chi connectivity index (χ0) is 27.2. The Balaban J connectivity index is 1.44. The van der Waals surface area contributed by atoms with Gasteiger partial charge in [0.15, 0.2) is 0 Å². The first-order valence-electron chi connectivity index (χ1n) is 11.5. The molecule has 196 valence electrons. The number of aryl methyl sites for hydroxylation is 1. The largest absolute Gasteiger partial charge is 0.469 e. The van der Waals surface area contributed by atoms with Gasteiger partial charge in [0.25, 0.3) is 5.91 Å². The lowest BCUT2D eigenvalue weighted by Crippen LogP contribution is -2.25. The summed E-state index contributed by atoms with van der Waals surface area (Å²) < 4.78 is 39.7. The van der Waals surface area contributed by atoms with Crippen LogP contribution in [0.15, 0.2) is 54.7 Å². The fourth-order valence-electron chi connectivity index (χ4n) is 3.57. The minimum absolute atomic E-state index is 0.0462. The van der Waals surface area contributed by atoms with Crippen molar-refractivity contribution in [2.75, 3.05) is 19.0 Å². The molecule has 4 rings (SSSR count). The zero-order valence-electron chi connectivity index (χ0n) is 20.5. The van der Waals surface area contributed by atoms with Gasteiger partial charge in [-0.15, -0.1) is 11.3 Å². The topological polar surface area (TPSA) is 107 Å². The molecule has 0 bridgehead atoms. The Bertz CT molecular complexity index is 1520. The second-order valence-electron chi connectivity index (χ2n) is 8.28. The molecule has 0 atom stereocenters. The maximum Gasteiger partial charge on any atom is 0.307 e. The second kappa shape index (κ2) is 11.8. The van der Waals surface area contributed by atoms with Gasteiger partial charge >= 0.3 is 5.97 Å². The van der Waals surface area contributed by atoms with Crippen LogP contribution >= 0.6 is 11.3 Å². The van der Waals surface area contributed by atoms with Gasteiger partial charge in [-0.05, 0) is 36.8 Å². The number of methoxy groups -OCH3 is 1. The predicted molar refractivity (Wildman–Crippen MR) is 139 cm³/mol. The lowest BCUT2D eigenvalue weighted by atomic mass is 10.1. The molecule has 2 heterocycles. The van der Waals surface area contributed by atoms with Crippen LogP contribution in [0.25, 0.3) is 10.2 Å². The highest BCUT2D eigenvalue weighted by Crippen LogP contribution is 2.35. The average Bonchev–Trinajstić information content (AvgIpc) is 3.33. The number of benzene rings is 2. The molecular weight excluding hydrogens is 516 g/mol. The van der Waals surface area contributed by atoms with Crippen LogP contribution < -0.4 is 15.4 Å². The number of nitrogens with one attached hydrogen (secondary N) is 2. The number of halogens is 2. The third-order valence-electron chi connectivity index (χ3n) is 5.44. The molecule has 2 N–H and O–H groups in total. The molecule has 11 heteroatoms. The summed E-state index contributed by atoms with van der Waals surface area (Å²) in [6, 6.07) is 11.6. The summed E-state index contributed by atoms with van der Waals surface area (Å²) in [5.74, 6) is -2.09. The van der Waals surface area contributed by atoms with Crippen LogP contribution in [-0.4, -0.2) is 36.4 Å². The van der Waals surface area contributed by atoms with Gasteiger partial charge in [0.05, 0.1) is 40.7 Å². The van der Waals surface area contributed by atoms with E-state index in [-0.39, 0.29) is 42.3 Å². The number of aromatic nitrogens is 1. The summed E-state index contributed by atoms with van der Waals surface area (Å²) in [6.07, 6.45) is 1.31. The number of anilines is 1. The van der Waals surface area contributed by atoms with Crippen LogP contribution in [0.3, 0.4) is 0 Å².